The zero-order valence-electron chi connectivity index (χ0n) is 21.6. The lowest BCUT2D eigenvalue weighted by Crippen LogP contribution is -2.12. The van der Waals surface area contributed by atoms with Crippen LogP contribution in [-0.4, -0.2) is 39.3 Å². The Hall–Kier alpha value is -3.67. The van der Waals surface area contributed by atoms with Crippen molar-refractivity contribution in [1.29, 1.82) is 0 Å². The number of methoxy groups -OCH3 is 4. The van der Waals surface area contributed by atoms with Gasteiger partial charge in [0, 0.05) is 5.57 Å². The summed E-state index contributed by atoms with van der Waals surface area (Å²) in [6.07, 6.45) is 12.9. The SMILES string of the molecule is COc1ccc(/C=C/C(=O)C(CC2CCCCC2)=C(O)/C=C/c2ccc(OC)c(OC)c2)cc1OC. The molecule has 192 valence electrons. The number of allylic oxidation sites excluding steroid dienone is 3. The van der Waals surface area contributed by atoms with E-state index < -0.39 is 0 Å². The van der Waals surface area contributed by atoms with Crippen molar-refractivity contribution in [3.63, 3.8) is 0 Å². The van der Waals surface area contributed by atoms with Gasteiger partial charge < -0.3 is 24.1 Å². The molecule has 0 bridgehead atoms. The Morgan fingerprint density at radius 3 is 1.78 bits per heavy atom. The van der Waals surface area contributed by atoms with Gasteiger partial charge in [0.05, 0.1) is 28.4 Å². The zero-order chi connectivity index (χ0) is 25.9. The molecule has 1 aliphatic rings. The first kappa shape index (κ1) is 26.9. The Balaban J connectivity index is 1.87. The molecule has 2 aromatic rings. The second kappa shape index (κ2) is 13.4. The van der Waals surface area contributed by atoms with Crippen LogP contribution in [0.5, 0.6) is 23.0 Å². The first-order valence-corrected chi connectivity index (χ1v) is 12.3. The second-order valence-corrected chi connectivity index (χ2v) is 8.83. The van der Waals surface area contributed by atoms with Crippen molar-refractivity contribution in [2.24, 2.45) is 5.92 Å². The number of rotatable bonds is 11. The van der Waals surface area contributed by atoms with E-state index in [1.165, 1.54) is 12.5 Å². The molecule has 0 aliphatic heterocycles. The van der Waals surface area contributed by atoms with E-state index in [4.69, 9.17) is 18.9 Å². The molecule has 1 fully saturated rings. The first-order valence-electron chi connectivity index (χ1n) is 12.3. The topological polar surface area (TPSA) is 74.2 Å². The predicted molar refractivity (Wildman–Crippen MR) is 143 cm³/mol. The molecule has 1 N–H and O–H groups in total. The van der Waals surface area contributed by atoms with Crippen LogP contribution in [0.1, 0.15) is 49.7 Å². The van der Waals surface area contributed by atoms with Crippen LogP contribution in [0.25, 0.3) is 12.2 Å². The van der Waals surface area contributed by atoms with Crippen LogP contribution in [-0.2, 0) is 4.79 Å². The number of carbonyl (C=O) groups is 1. The van der Waals surface area contributed by atoms with Crippen LogP contribution in [0.15, 0.2) is 59.9 Å². The standard InChI is InChI=1S/C30H36O6/c1-33-27-16-12-22(19-29(27)35-3)10-14-25(31)24(18-21-8-6-5-7-9-21)26(32)15-11-23-13-17-28(34-2)30(20-23)36-4/h10-17,19-21,31H,5-9,18H2,1-4H3/b14-10+,15-11+,25-24?. The number of ether oxygens (including phenoxy) is 4. The Morgan fingerprint density at radius 2 is 1.28 bits per heavy atom. The van der Waals surface area contributed by atoms with Crippen LogP contribution < -0.4 is 18.9 Å². The Kier molecular flexibility index (Phi) is 10.0. The number of ketones is 1. The number of carbonyl (C=O) groups excluding carboxylic acids is 1. The molecule has 0 amide bonds. The van der Waals surface area contributed by atoms with Gasteiger partial charge in [0.2, 0.25) is 0 Å². The first-order chi connectivity index (χ1) is 17.5. The van der Waals surface area contributed by atoms with Crippen LogP contribution in [0.4, 0.5) is 0 Å². The van der Waals surface area contributed by atoms with Gasteiger partial charge >= 0.3 is 0 Å². The molecule has 1 aliphatic carbocycles. The predicted octanol–water partition coefficient (Wildman–Crippen LogP) is 6.80. The molecule has 6 heteroatoms. The molecule has 36 heavy (non-hydrogen) atoms. The van der Waals surface area contributed by atoms with E-state index in [-0.39, 0.29) is 11.5 Å². The minimum absolute atomic E-state index is 0.0164. The number of hydrogen-bond acceptors (Lipinski definition) is 6. The lowest BCUT2D eigenvalue weighted by Gasteiger charge is -2.22. The van der Waals surface area contributed by atoms with E-state index in [1.54, 1.807) is 58.8 Å². The van der Waals surface area contributed by atoms with Crippen molar-refractivity contribution >= 4 is 17.9 Å². The summed E-state index contributed by atoms with van der Waals surface area (Å²) in [5, 5.41) is 11.0. The van der Waals surface area contributed by atoms with E-state index in [0.29, 0.717) is 40.9 Å². The molecule has 6 nitrogen and oxygen atoms in total. The fraction of sp³-hybridized carbons (Fsp3) is 0.367. The molecular weight excluding hydrogens is 456 g/mol. The summed E-state index contributed by atoms with van der Waals surface area (Å²) in [5.41, 5.74) is 2.05. The maximum absolute atomic E-state index is 13.3. The van der Waals surface area contributed by atoms with Crippen molar-refractivity contribution in [1.82, 2.24) is 0 Å². The highest BCUT2D eigenvalue weighted by molar-refractivity contribution is 6.07. The van der Waals surface area contributed by atoms with Gasteiger partial charge in [-0.15, -0.1) is 0 Å². The van der Waals surface area contributed by atoms with E-state index in [9.17, 15) is 9.90 Å². The van der Waals surface area contributed by atoms with Crippen molar-refractivity contribution < 1.29 is 28.8 Å². The third kappa shape index (κ3) is 7.17. The molecule has 0 spiro atoms. The molecule has 0 unspecified atom stereocenters. The minimum atomic E-state index is -0.204. The molecule has 0 saturated heterocycles. The molecule has 0 radical (unpaired) electrons. The van der Waals surface area contributed by atoms with Crippen molar-refractivity contribution in [3.05, 3.63) is 71.0 Å². The molecule has 0 aromatic heterocycles. The maximum atomic E-state index is 13.3. The van der Waals surface area contributed by atoms with E-state index in [2.05, 4.69) is 0 Å². The third-order valence-electron chi connectivity index (χ3n) is 6.50. The summed E-state index contributed by atoms with van der Waals surface area (Å²) in [7, 11) is 6.32. The van der Waals surface area contributed by atoms with Crippen LogP contribution in [0, 0.1) is 5.92 Å². The molecule has 2 aromatic carbocycles. The van der Waals surface area contributed by atoms with Gasteiger partial charge in [-0.1, -0.05) is 56.4 Å². The normalized spacial score (nSPS) is 15.1. The number of aliphatic hydroxyl groups is 1. The smallest absolute Gasteiger partial charge is 0.185 e. The fourth-order valence-corrected chi connectivity index (χ4v) is 4.47. The maximum Gasteiger partial charge on any atom is 0.185 e. The number of benzene rings is 2. The van der Waals surface area contributed by atoms with Gasteiger partial charge in [-0.2, -0.15) is 0 Å². The average Bonchev–Trinajstić information content (AvgIpc) is 2.93. The summed E-state index contributed by atoms with van der Waals surface area (Å²) in [6, 6.07) is 11.0. The number of hydrogen-bond donors (Lipinski definition) is 1. The quantitative estimate of drug-likeness (QED) is 0.211. The van der Waals surface area contributed by atoms with Crippen molar-refractivity contribution in [2.45, 2.75) is 38.5 Å². The summed E-state index contributed by atoms with van der Waals surface area (Å²) >= 11 is 0. The molecular formula is C30H36O6. The minimum Gasteiger partial charge on any atom is -0.508 e. The van der Waals surface area contributed by atoms with E-state index >= 15 is 0 Å². The highest BCUT2D eigenvalue weighted by atomic mass is 16.5. The van der Waals surface area contributed by atoms with Crippen LogP contribution in [0.2, 0.25) is 0 Å². The van der Waals surface area contributed by atoms with Crippen molar-refractivity contribution in [3.8, 4) is 23.0 Å². The molecule has 3 rings (SSSR count). The van der Waals surface area contributed by atoms with Gasteiger partial charge in [0.15, 0.2) is 28.8 Å². The van der Waals surface area contributed by atoms with Gasteiger partial charge in [-0.25, -0.2) is 0 Å². The highest BCUT2D eigenvalue weighted by Gasteiger charge is 2.20. The largest absolute Gasteiger partial charge is 0.508 e. The van der Waals surface area contributed by atoms with Crippen LogP contribution in [0.3, 0.4) is 0 Å². The van der Waals surface area contributed by atoms with Gasteiger partial charge in [0.1, 0.15) is 5.76 Å². The third-order valence-corrected chi connectivity index (χ3v) is 6.50. The van der Waals surface area contributed by atoms with E-state index in [1.807, 2.05) is 24.3 Å². The van der Waals surface area contributed by atoms with Crippen molar-refractivity contribution in [2.75, 3.05) is 28.4 Å². The number of aliphatic hydroxyl groups excluding tert-OH is 1. The lowest BCUT2D eigenvalue weighted by molar-refractivity contribution is -0.111. The second-order valence-electron chi connectivity index (χ2n) is 8.83. The van der Waals surface area contributed by atoms with E-state index in [0.717, 1.165) is 36.8 Å². The monoisotopic (exact) mass is 492 g/mol. The Labute approximate surface area is 213 Å². The van der Waals surface area contributed by atoms with Gasteiger partial charge in [0.25, 0.3) is 0 Å². The molecule has 0 atom stereocenters. The summed E-state index contributed by atoms with van der Waals surface area (Å²) in [6.45, 7) is 0. The zero-order valence-corrected chi connectivity index (χ0v) is 21.6. The lowest BCUT2D eigenvalue weighted by atomic mass is 9.83. The van der Waals surface area contributed by atoms with Gasteiger partial charge in [-0.05, 0) is 59.9 Å². The highest BCUT2D eigenvalue weighted by Crippen LogP contribution is 2.32. The fourth-order valence-electron chi connectivity index (χ4n) is 4.47. The Morgan fingerprint density at radius 1 is 0.778 bits per heavy atom. The Bertz CT molecular complexity index is 1120. The van der Waals surface area contributed by atoms with Gasteiger partial charge in [-0.3, -0.25) is 4.79 Å². The summed E-state index contributed by atoms with van der Waals surface area (Å²) in [4.78, 5) is 13.3. The summed E-state index contributed by atoms with van der Waals surface area (Å²) < 4.78 is 21.3. The van der Waals surface area contributed by atoms with Crippen LogP contribution >= 0.6 is 0 Å². The molecule has 0 heterocycles. The summed E-state index contributed by atoms with van der Waals surface area (Å²) in [5.74, 6) is 2.61. The average molecular weight is 493 g/mol. The molecule has 1 saturated carbocycles.